The quantitative estimate of drug-likeness (QED) is 0.841. The molecular weight excluding hydrogens is 210 g/mol. The lowest BCUT2D eigenvalue weighted by Crippen LogP contribution is -2.23. The highest BCUT2D eigenvalue weighted by Gasteiger charge is 2.20. The van der Waals surface area contributed by atoms with Gasteiger partial charge in [0.15, 0.2) is 0 Å². The van der Waals surface area contributed by atoms with Crippen LogP contribution in [0.2, 0.25) is 0 Å². The summed E-state index contributed by atoms with van der Waals surface area (Å²) in [5.41, 5.74) is 2.29. The van der Waals surface area contributed by atoms with Crippen LogP contribution in [0.3, 0.4) is 0 Å². The maximum absolute atomic E-state index is 4.09. The second kappa shape index (κ2) is 4.40. The summed E-state index contributed by atoms with van der Waals surface area (Å²) in [4.78, 5) is 0. The molecule has 90 valence electrons. The fourth-order valence-electron chi connectivity index (χ4n) is 2.64. The Balaban J connectivity index is 1.72. The van der Waals surface area contributed by atoms with Gasteiger partial charge in [-0.15, -0.1) is 0 Å². The summed E-state index contributed by atoms with van der Waals surface area (Å²) in [6.07, 6.45) is 7.41. The summed E-state index contributed by atoms with van der Waals surface area (Å²) >= 11 is 0. The molecule has 0 spiro atoms. The van der Waals surface area contributed by atoms with E-state index in [0.717, 1.165) is 11.4 Å². The van der Waals surface area contributed by atoms with Crippen molar-refractivity contribution in [2.75, 3.05) is 5.32 Å². The maximum Gasteiger partial charge on any atom is 0.0881 e. The molecule has 0 aliphatic heterocycles. The zero-order valence-electron chi connectivity index (χ0n) is 10.2. The molecule has 1 aliphatic rings. The standard InChI is InChI=1S/C14H19N3/c1-10(8-11-4-2-5-11)16-13-7-3-6-12-9-15-17-14(12)13/h3,6-7,9-11,16H,2,4-5,8H2,1H3,(H,15,17). The third-order valence-corrected chi connectivity index (χ3v) is 3.79. The van der Waals surface area contributed by atoms with Gasteiger partial charge in [-0.1, -0.05) is 31.4 Å². The number of hydrogen-bond acceptors (Lipinski definition) is 2. The summed E-state index contributed by atoms with van der Waals surface area (Å²) in [6, 6.07) is 6.82. The first kappa shape index (κ1) is 10.6. The number of aromatic amines is 1. The Kier molecular flexibility index (Phi) is 2.75. The van der Waals surface area contributed by atoms with Crippen LogP contribution in [0.25, 0.3) is 10.9 Å². The minimum atomic E-state index is 0.536. The first-order valence-corrected chi connectivity index (χ1v) is 6.51. The van der Waals surface area contributed by atoms with Crippen LogP contribution in [0.1, 0.15) is 32.6 Å². The fourth-order valence-corrected chi connectivity index (χ4v) is 2.64. The van der Waals surface area contributed by atoms with Crippen LogP contribution in [0.4, 0.5) is 5.69 Å². The molecule has 1 saturated carbocycles. The van der Waals surface area contributed by atoms with Crippen LogP contribution in [0.5, 0.6) is 0 Å². The van der Waals surface area contributed by atoms with Crippen molar-refractivity contribution < 1.29 is 0 Å². The zero-order valence-corrected chi connectivity index (χ0v) is 10.2. The van der Waals surface area contributed by atoms with Crippen molar-refractivity contribution in [3.05, 3.63) is 24.4 Å². The van der Waals surface area contributed by atoms with E-state index in [-0.39, 0.29) is 0 Å². The van der Waals surface area contributed by atoms with E-state index >= 15 is 0 Å². The molecule has 0 bridgehead atoms. The van der Waals surface area contributed by atoms with E-state index in [2.05, 4.69) is 40.6 Å². The molecule has 1 atom stereocenters. The topological polar surface area (TPSA) is 40.7 Å². The van der Waals surface area contributed by atoms with Crippen LogP contribution in [-0.4, -0.2) is 16.2 Å². The lowest BCUT2D eigenvalue weighted by Gasteiger charge is -2.29. The van der Waals surface area contributed by atoms with Crippen LogP contribution in [0, 0.1) is 5.92 Å². The largest absolute Gasteiger partial charge is 0.381 e. The summed E-state index contributed by atoms with van der Waals surface area (Å²) < 4.78 is 0. The van der Waals surface area contributed by atoms with Crippen molar-refractivity contribution in [2.24, 2.45) is 5.92 Å². The average molecular weight is 229 g/mol. The van der Waals surface area contributed by atoms with Gasteiger partial charge in [-0.25, -0.2) is 0 Å². The summed E-state index contributed by atoms with van der Waals surface area (Å²) in [5, 5.41) is 11.9. The molecule has 17 heavy (non-hydrogen) atoms. The maximum atomic E-state index is 4.09. The van der Waals surface area contributed by atoms with Crippen molar-refractivity contribution >= 4 is 16.6 Å². The first-order valence-electron chi connectivity index (χ1n) is 6.51. The van der Waals surface area contributed by atoms with E-state index < -0.39 is 0 Å². The summed E-state index contributed by atoms with van der Waals surface area (Å²) in [5.74, 6) is 0.943. The highest BCUT2D eigenvalue weighted by molar-refractivity contribution is 5.89. The smallest absolute Gasteiger partial charge is 0.0881 e. The average Bonchev–Trinajstić information content (AvgIpc) is 2.73. The fraction of sp³-hybridized carbons (Fsp3) is 0.500. The van der Waals surface area contributed by atoms with Crippen LogP contribution < -0.4 is 5.32 Å². The van der Waals surface area contributed by atoms with Crippen LogP contribution in [0.15, 0.2) is 24.4 Å². The minimum absolute atomic E-state index is 0.536. The molecule has 1 heterocycles. The van der Waals surface area contributed by atoms with Gasteiger partial charge in [-0.2, -0.15) is 5.10 Å². The number of H-pyrrole nitrogens is 1. The monoisotopic (exact) mass is 229 g/mol. The number of hydrogen-bond donors (Lipinski definition) is 2. The Morgan fingerprint density at radius 3 is 3.12 bits per heavy atom. The van der Waals surface area contributed by atoms with Crippen LogP contribution >= 0.6 is 0 Å². The number of anilines is 1. The molecule has 0 amide bonds. The molecule has 1 fully saturated rings. The van der Waals surface area contributed by atoms with Crippen molar-refractivity contribution in [1.29, 1.82) is 0 Å². The van der Waals surface area contributed by atoms with Crippen molar-refractivity contribution in [2.45, 2.75) is 38.6 Å². The lowest BCUT2D eigenvalue weighted by molar-refractivity contribution is 0.286. The Morgan fingerprint density at radius 2 is 2.35 bits per heavy atom. The zero-order chi connectivity index (χ0) is 11.7. The number of aromatic nitrogens is 2. The number of nitrogens with one attached hydrogen (secondary N) is 2. The van der Waals surface area contributed by atoms with Gasteiger partial charge in [0.05, 0.1) is 17.4 Å². The van der Waals surface area contributed by atoms with Crippen molar-refractivity contribution in [1.82, 2.24) is 10.2 Å². The van der Waals surface area contributed by atoms with Gasteiger partial charge in [-0.3, -0.25) is 5.10 Å². The van der Waals surface area contributed by atoms with Crippen molar-refractivity contribution in [3.63, 3.8) is 0 Å². The molecule has 0 saturated heterocycles. The molecule has 3 nitrogen and oxygen atoms in total. The minimum Gasteiger partial charge on any atom is -0.381 e. The lowest BCUT2D eigenvalue weighted by atomic mass is 9.81. The van der Waals surface area contributed by atoms with Gasteiger partial charge in [0.25, 0.3) is 0 Å². The predicted molar refractivity (Wildman–Crippen MR) is 71.1 cm³/mol. The molecule has 3 heteroatoms. The third kappa shape index (κ3) is 2.14. The number of para-hydroxylation sites is 1. The van der Waals surface area contributed by atoms with E-state index in [4.69, 9.17) is 0 Å². The Labute approximate surface area is 102 Å². The highest BCUT2D eigenvalue weighted by Crippen LogP contribution is 2.31. The molecule has 1 unspecified atom stereocenters. The van der Waals surface area contributed by atoms with E-state index in [1.54, 1.807) is 0 Å². The van der Waals surface area contributed by atoms with Crippen molar-refractivity contribution in [3.8, 4) is 0 Å². The molecule has 2 N–H and O–H groups in total. The molecule has 0 radical (unpaired) electrons. The molecule has 1 aliphatic carbocycles. The van der Waals surface area contributed by atoms with E-state index in [0.29, 0.717) is 6.04 Å². The number of benzene rings is 1. The van der Waals surface area contributed by atoms with E-state index in [1.165, 1.54) is 36.8 Å². The Morgan fingerprint density at radius 1 is 1.47 bits per heavy atom. The predicted octanol–water partition coefficient (Wildman–Crippen LogP) is 3.55. The molecule has 1 aromatic heterocycles. The first-order chi connectivity index (χ1) is 8.33. The SMILES string of the molecule is CC(CC1CCC1)Nc1cccc2cn[nH]c12. The van der Waals surface area contributed by atoms with Crippen LogP contribution in [-0.2, 0) is 0 Å². The Hall–Kier alpha value is -1.51. The number of fused-ring (bicyclic) bond motifs is 1. The number of nitrogens with zero attached hydrogens (tertiary/aromatic N) is 1. The van der Waals surface area contributed by atoms with Gasteiger partial charge in [0.2, 0.25) is 0 Å². The van der Waals surface area contributed by atoms with Gasteiger partial charge in [-0.05, 0) is 25.3 Å². The summed E-state index contributed by atoms with van der Waals surface area (Å²) in [6.45, 7) is 2.27. The van der Waals surface area contributed by atoms with Gasteiger partial charge in [0, 0.05) is 11.4 Å². The molecule has 2 aromatic rings. The van der Waals surface area contributed by atoms with Gasteiger partial charge in [0.1, 0.15) is 0 Å². The molecule has 1 aromatic carbocycles. The molecular formula is C14H19N3. The molecule has 3 rings (SSSR count). The normalized spacial score (nSPS) is 17.9. The number of rotatable bonds is 4. The third-order valence-electron chi connectivity index (χ3n) is 3.79. The van der Waals surface area contributed by atoms with Gasteiger partial charge < -0.3 is 5.32 Å². The van der Waals surface area contributed by atoms with Gasteiger partial charge >= 0.3 is 0 Å². The summed E-state index contributed by atoms with van der Waals surface area (Å²) in [7, 11) is 0. The second-order valence-electron chi connectivity index (χ2n) is 5.22. The van der Waals surface area contributed by atoms with E-state index in [9.17, 15) is 0 Å². The second-order valence-corrected chi connectivity index (χ2v) is 5.22. The Bertz CT molecular complexity index is 499. The highest BCUT2D eigenvalue weighted by atomic mass is 15.1. The van der Waals surface area contributed by atoms with E-state index in [1.807, 2.05) is 6.20 Å².